The summed E-state index contributed by atoms with van der Waals surface area (Å²) in [5.41, 5.74) is 7.85. The molecule has 1 heterocycles. The third-order valence-electron chi connectivity index (χ3n) is 1.10. The van der Waals surface area contributed by atoms with Gasteiger partial charge in [-0.15, -0.1) is 0 Å². The number of hydrogen-bond acceptors (Lipinski definition) is 4. The van der Waals surface area contributed by atoms with Gasteiger partial charge >= 0.3 is 0 Å². The maximum Gasteiger partial charge on any atom is 0.209 e. The van der Waals surface area contributed by atoms with E-state index in [2.05, 4.69) is 5.48 Å². The second kappa shape index (κ2) is 2.70. The molecular weight excluding hydrogens is 120 g/mol. The number of methoxy groups -OCH3 is 1. The van der Waals surface area contributed by atoms with Crippen LogP contribution in [0.4, 0.5) is 0 Å². The van der Waals surface area contributed by atoms with Crippen molar-refractivity contribution >= 4 is 0 Å². The van der Waals surface area contributed by atoms with Gasteiger partial charge in [0.15, 0.2) is 0 Å². The van der Waals surface area contributed by atoms with E-state index >= 15 is 0 Å². The van der Waals surface area contributed by atoms with Crippen LogP contribution in [0.15, 0.2) is 12.0 Å². The molecule has 0 aromatic rings. The van der Waals surface area contributed by atoms with Gasteiger partial charge in [-0.2, -0.15) is 0 Å². The van der Waals surface area contributed by atoms with Crippen molar-refractivity contribution in [2.24, 2.45) is 5.73 Å². The van der Waals surface area contributed by atoms with Crippen LogP contribution in [-0.4, -0.2) is 19.8 Å². The molecule has 1 rings (SSSR count). The fourth-order valence-corrected chi connectivity index (χ4v) is 0.597. The van der Waals surface area contributed by atoms with Crippen molar-refractivity contribution in [2.45, 2.75) is 6.10 Å². The lowest BCUT2D eigenvalue weighted by Gasteiger charge is -2.01. The van der Waals surface area contributed by atoms with Crippen LogP contribution in [0.5, 0.6) is 0 Å². The van der Waals surface area contributed by atoms with Crippen molar-refractivity contribution in [3.8, 4) is 0 Å². The number of rotatable bonds is 2. The number of ether oxygens (including phenoxy) is 1. The minimum Gasteiger partial charge on any atom is -0.481 e. The lowest BCUT2D eigenvalue weighted by Crippen LogP contribution is -2.21. The van der Waals surface area contributed by atoms with E-state index in [1.54, 1.807) is 13.2 Å². The monoisotopic (exact) mass is 130 g/mol. The minimum absolute atomic E-state index is 0.0417. The van der Waals surface area contributed by atoms with Gasteiger partial charge in [0.1, 0.15) is 6.10 Å². The van der Waals surface area contributed by atoms with E-state index in [4.69, 9.17) is 15.3 Å². The van der Waals surface area contributed by atoms with Crippen LogP contribution >= 0.6 is 0 Å². The maximum absolute atomic E-state index is 5.29. The molecule has 1 aliphatic rings. The molecule has 0 aromatic heterocycles. The quantitative estimate of drug-likeness (QED) is 0.521. The van der Waals surface area contributed by atoms with Gasteiger partial charge in [0.2, 0.25) is 5.88 Å². The summed E-state index contributed by atoms with van der Waals surface area (Å²) >= 11 is 0. The van der Waals surface area contributed by atoms with E-state index in [1.807, 2.05) is 0 Å². The van der Waals surface area contributed by atoms with Gasteiger partial charge in [-0.3, -0.25) is 4.84 Å². The summed E-state index contributed by atoms with van der Waals surface area (Å²) in [4.78, 5) is 4.91. The smallest absolute Gasteiger partial charge is 0.209 e. The predicted octanol–water partition coefficient (Wildman–Crippen LogP) is -0.664. The van der Waals surface area contributed by atoms with Crippen LogP contribution in [0.3, 0.4) is 0 Å². The third-order valence-corrected chi connectivity index (χ3v) is 1.10. The standard InChI is InChI=1S/C5H10N2O2/c1-8-5-2-4(3-6)9-7-5/h2,4,7H,3,6H2,1H3. The highest BCUT2D eigenvalue weighted by molar-refractivity contribution is 4.99. The zero-order valence-corrected chi connectivity index (χ0v) is 5.26. The second-order valence-corrected chi connectivity index (χ2v) is 1.73. The van der Waals surface area contributed by atoms with Crippen molar-refractivity contribution in [2.75, 3.05) is 13.7 Å². The van der Waals surface area contributed by atoms with E-state index in [0.29, 0.717) is 12.4 Å². The van der Waals surface area contributed by atoms with Gasteiger partial charge in [-0.05, 0) is 0 Å². The van der Waals surface area contributed by atoms with Gasteiger partial charge in [0, 0.05) is 12.6 Å². The molecule has 0 aromatic carbocycles. The molecule has 0 saturated carbocycles. The predicted molar refractivity (Wildman–Crippen MR) is 32.2 cm³/mol. The molecule has 4 heteroatoms. The first-order chi connectivity index (χ1) is 4.36. The first-order valence-electron chi connectivity index (χ1n) is 2.74. The lowest BCUT2D eigenvalue weighted by atomic mass is 10.3. The molecule has 9 heavy (non-hydrogen) atoms. The normalized spacial score (nSPS) is 25.1. The Balaban J connectivity index is 2.40. The van der Waals surface area contributed by atoms with Gasteiger partial charge in [-0.25, -0.2) is 5.48 Å². The summed E-state index contributed by atoms with van der Waals surface area (Å²) in [5, 5.41) is 0. The topological polar surface area (TPSA) is 56.5 Å². The van der Waals surface area contributed by atoms with Gasteiger partial charge in [0.25, 0.3) is 0 Å². The zero-order valence-electron chi connectivity index (χ0n) is 5.26. The summed E-state index contributed by atoms with van der Waals surface area (Å²) in [5.74, 6) is 0.630. The summed E-state index contributed by atoms with van der Waals surface area (Å²) < 4.78 is 4.81. The summed E-state index contributed by atoms with van der Waals surface area (Å²) in [6.45, 7) is 0.472. The largest absolute Gasteiger partial charge is 0.481 e. The van der Waals surface area contributed by atoms with Crippen molar-refractivity contribution in [1.29, 1.82) is 0 Å². The Labute approximate surface area is 53.6 Å². The highest BCUT2D eigenvalue weighted by Crippen LogP contribution is 2.04. The van der Waals surface area contributed by atoms with Gasteiger partial charge in [-0.1, -0.05) is 0 Å². The van der Waals surface area contributed by atoms with Crippen LogP contribution in [0.25, 0.3) is 0 Å². The molecule has 52 valence electrons. The Morgan fingerprint density at radius 2 is 2.78 bits per heavy atom. The van der Waals surface area contributed by atoms with Crippen LogP contribution in [0, 0.1) is 0 Å². The van der Waals surface area contributed by atoms with Gasteiger partial charge in [0.05, 0.1) is 7.11 Å². The molecule has 1 unspecified atom stereocenters. The molecular formula is C5H10N2O2. The number of nitrogens with two attached hydrogens (primary N) is 1. The summed E-state index contributed by atoms with van der Waals surface area (Å²) in [6.07, 6.45) is 1.75. The molecule has 0 spiro atoms. The Hall–Kier alpha value is -0.740. The first-order valence-corrected chi connectivity index (χ1v) is 2.74. The van der Waals surface area contributed by atoms with Crippen molar-refractivity contribution < 1.29 is 9.57 Å². The first kappa shape index (κ1) is 6.38. The molecule has 0 fully saturated rings. The molecule has 0 bridgehead atoms. The second-order valence-electron chi connectivity index (χ2n) is 1.73. The molecule has 0 saturated heterocycles. The van der Waals surface area contributed by atoms with Crippen LogP contribution < -0.4 is 11.2 Å². The van der Waals surface area contributed by atoms with Crippen molar-refractivity contribution in [3.63, 3.8) is 0 Å². The number of nitrogens with one attached hydrogen (secondary N) is 1. The van der Waals surface area contributed by atoms with Crippen molar-refractivity contribution in [1.82, 2.24) is 5.48 Å². The zero-order chi connectivity index (χ0) is 6.69. The van der Waals surface area contributed by atoms with Crippen LogP contribution in [-0.2, 0) is 9.57 Å². The Kier molecular flexibility index (Phi) is 1.92. The van der Waals surface area contributed by atoms with Gasteiger partial charge < -0.3 is 10.5 Å². The Morgan fingerprint density at radius 3 is 3.11 bits per heavy atom. The maximum atomic E-state index is 5.29. The van der Waals surface area contributed by atoms with E-state index in [1.165, 1.54) is 0 Å². The van der Waals surface area contributed by atoms with E-state index < -0.39 is 0 Å². The average molecular weight is 130 g/mol. The summed E-state index contributed by atoms with van der Waals surface area (Å²) in [6, 6.07) is 0. The fraction of sp³-hybridized carbons (Fsp3) is 0.600. The highest BCUT2D eigenvalue weighted by Gasteiger charge is 2.13. The average Bonchev–Trinajstić information content (AvgIpc) is 2.34. The molecule has 0 amide bonds. The lowest BCUT2D eigenvalue weighted by molar-refractivity contribution is 0.0237. The van der Waals surface area contributed by atoms with Crippen molar-refractivity contribution in [3.05, 3.63) is 12.0 Å². The van der Waals surface area contributed by atoms with E-state index in [-0.39, 0.29) is 6.10 Å². The molecule has 3 N–H and O–H groups in total. The molecule has 4 nitrogen and oxygen atoms in total. The van der Waals surface area contributed by atoms with E-state index in [0.717, 1.165) is 0 Å². The molecule has 1 aliphatic heterocycles. The molecule has 1 atom stereocenters. The highest BCUT2D eigenvalue weighted by atomic mass is 16.7. The van der Waals surface area contributed by atoms with Crippen LogP contribution in [0.1, 0.15) is 0 Å². The number of hydrogen-bond donors (Lipinski definition) is 2. The summed E-state index contributed by atoms with van der Waals surface area (Å²) in [7, 11) is 1.57. The van der Waals surface area contributed by atoms with E-state index in [9.17, 15) is 0 Å². The number of hydroxylamine groups is 1. The van der Waals surface area contributed by atoms with Crippen LogP contribution in [0.2, 0.25) is 0 Å². The molecule has 0 radical (unpaired) electrons. The Bertz CT molecular complexity index is 124. The fourth-order valence-electron chi connectivity index (χ4n) is 0.597. The minimum atomic E-state index is -0.0417. The molecule has 0 aliphatic carbocycles. The SMILES string of the molecule is COC1=CC(CN)ON1. The Morgan fingerprint density at radius 1 is 2.00 bits per heavy atom. The third kappa shape index (κ3) is 1.34.